The van der Waals surface area contributed by atoms with Gasteiger partial charge in [-0.1, -0.05) is 17.7 Å². The number of hydrogen-bond donors (Lipinski definition) is 2. The van der Waals surface area contributed by atoms with Crippen LogP contribution in [-0.2, 0) is 11.3 Å². The fourth-order valence-electron chi connectivity index (χ4n) is 1.29. The zero-order valence-electron chi connectivity index (χ0n) is 9.32. The molecule has 0 aliphatic rings. The van der Waals surface area contributed by atoms with Gasteiger partial charge >= 0.3 is 0 Å². The Labute approximate surface area is 101 Å². The quantitative estimate of drug-likeness (QED) is 0.560. The summed E-state index contributed by atoms with van der Waals surface area (Å²) in [6.07, 6.45) is 2.01. The van der Waals surface area contributed by atoms with Gasteiger partial charge in [-0.05, 0) is 24.6 Å². The highest BCUT2D eigenvalue weighted by atomic mass is 35.5. The van der Waals surface area contributed by atoms with E-state index in [0.29, 0.717) is 18.2 Å². The average Bonchev–Trinajstić information content (AvgIpc) is 2.27. The second kappa shape index (κ2) is 7.57. The van der Waals surface area contributed by atoms with E-state index in [9.17, 15) is 5.11 Å². The predicted octanol–water partition coefficient (Wildman–Crippen LogP) is 1.22. The standard InChI is InChI=1S/C11H17ClN2O2/c1-16-8-10(15)4-5-13-6-9-2-3-11(12)14-7-9/h2-3,7,10,13,15H,4-6,8H2,1H3. The molecule has 0 radical (unpaired) electrons. The van der Waals surface area contributed by atoms with Crippen molar-refractivity contribution in [1.29, 1.82) is 0 Å². The zero-order chi connectivity index (χ0) is 11.8. The Hall–Kier alpha value is -0.680. The lowest BCUT2D eigenvalue weighted by molar-refractivity contribution is 0.0594. The number of rotatable bonds is 7. The molecule has 1 unspecified atom stereocenters. The third kappa shape index (κ3) is 5.42. The fourth-order valence-corrected chi connectivity index (χ4v) is 1.40. The Morgan fingerprint density at radius 1 is 1.56 bits per heavy atom. The highest BCUT2D eigenvalue weighted by Gasteiger charge is 2.02. The summed E-state index contributed by atoms with van der Waals surface area (Å²) in [7, 11) is 1.58. The molecule has 0 aromatic carbocycles. The van der Waals surface area contributed by atoms with Crippen molar-refractivity contribution in [3.8, 4) is 0 Å². The highest BCUT2D eigenvalue weighted by molar-refractivity contribution is 6.29. The van der Waals surface area contributed by atoms with Crippen molar-refractivity contribution in [2.24, 2.45) is 0 Å². The number of methoxy groups -OCH3 is 1. The van der Waals surface area contributed by atoms with E-state index < -0.39 is 6.10 Å². The second-order valence-electron chi connectivity index (χ2n) is 3.56. The number of halogens is 1. The van der Waals surface area contributed by atoms with Gasteiger partial charge in [-0.2, -0.15) is 0 Å². The van der Waals surface area contributed by atoms with Crippen molar-refractivity contribution in [3.05, 3.63) is 29.0 Å². The molecule has 1 aromatic heterocycles. The van der Waals surface area contributed by atoms with Crippen molar-refractivity contribution < 1.29 is 9.84 Å². The van der Waals surface area contributed by atoms with Gasteiger partial charge in [0.15, 0.2) is 0 Å². The molecule has 5 heteroatoms. The predicted molar refractivity (Wildman–Crippen MR) is 63.5 cm³/mol. The van der Waals surface area contributed by atoms with Crippen LogP contribution in [0.25, 0.3) is 0 Å². The molecule has 16 heavy (non-hydrogen) atoms. The molecular weight excluding hydrogens is 228 g/mol. The largest absolute Gasteiger partial charge is 0.391 e. The molecule has 0 fully saturated rings. The van der Waals surface area contributed by atoms with E-state index in [4.69, 9.17) is 16.3 Å². The first-order valence-electron chi connectivity index (χ1n) is 5.20. The molecule has 1 rings (SSSR count). The topological polar surface area (TPSA) is 54.4 Å². The first-order chi connectivity index (χ1) is 7.72. The SMILES string of the molecule is COCC(O)CCNCc1ccc(Cl)nc1. The second-order valence-corrected chi connectivity index (χ2v) is 3.95. The Morgan fingerprint density at radius 3 is 3.00 bits per heavy atom. The van der Waals surface area contributed by atoms with Gasteiger partial charge in [0.25, 0.3) is 0 Å². The number of aliphatic hydroxyl groups excluding tert-OH is 1. The minimum Gasteiger partial charge on any atom is -0.391 e. The number of hydrogen-bond acceptors (Lipinski definition) is 4. The molecule has 0 saturated heterocycles. The lowest BCUT2D eigenvalue weighted by Gasteiger charge is -2.09. The Balaban J connectivity index is 2.13. The molecule has 4 nitrogen and oxygen atoms in total. The van der Waals surface area contributed by atoms with E-state index in [1.165, 1.54) is 0 Å². The average molecular weight is 245 g/mol. The van der Waals surface area contributed by atoms with Crippen LogP contribution in [0.4, 0.5) is 0 Å². The monoisotopic (exact) mass is 244 g/mol. The van der Waals surface area contributed by atoms with Gasteiger partial charge in [-0.25, -0.2) is 4.98 Å². The van der Waals surface area contributed by atoms with Crippen LogP contribution in [0, 0.1) is 0 Å². The maximum absolute atomic E-state index is 9.39. The van der Waals surface area contributed by atoms with Crippen LogP contribution in [0.2, 0.25) is 5.15 Å². The van der Waals surface area contributed by atoms with E-state index in [1.54, 1.807) is 19.4 Å². The van der Waals surface area contributed by atoms with Gasteiger partial charge in [-0.15, -0.1) is 0 Å². The molecule has 0 aliphatic heterocycles. The summed E-state index contributed by atoms with van der Waals surface area (Å²) in [5, 5.41) is 13.1. The van der Waals surface area contributed by atoms with Gasteiger partial charge in [0, 0.05) is 19.9 Å². The molecule has 0 saturated carbocycles. The molecule has 0 spiro atoms. The van der Waals surface area contributed by atoms with Crippen molar-refractivity contribution in [2.75, 3.05) is 20.3 Å². The van der Waals surface area contributed by atoms with Gasteiger partial charge in [0.05, 0.1) is 12.7 Å². The smallest absolute Gasteiger partial charge is 0.129 e. The molecule has 2 N–H and O–H groups in total. The molecule has 0 bridgehead atoms. The number of nitrogens with one attached hydrogen (secondary N) is 1. The van der Waals surface area contributed by atoms with Crippen LogP contribution in [0.15, 0.2) is 18.3 Å². The van der Waals surface area contributed by atoms with Crippen LogP contribution in [-0.4, -0.2) is 36.5 Å². The maximum Gasteiger partial charge on any atom is 0.129 e. The van der Waals surface area contributed by atoms with Gasteiger partial charge in [0.1, 0.15) is 5.15 Å². The maximum atomic E-state index is 9.39. The number of ether oxygens (including phenoxy) is 1. The Bertz CT molecular complexity index is 293. The lowest BCUT2D eigenvalue weighted by Crippen LogP contribution is -2.23. The first-order valence-corrected chi connectivity index (χ1v) is 5.58. The third-order valence-electron chi connectivity index (χ3n) is 2.13. The lowest BCUT2D eigenvalue weighted by atomic mass is 10.2. The summed E-state index contributed by atoms with van der Waals surface area (Å²) in [6, 6.07) is 3.69. The highest BCUT2D eigenvalue weighted by Crippen LogP contribution is 2.04. The number of aromatic nitrogens is 1. The number of pyridine rings is 1. The van der Waals surface area contributed by atoms with Crippen LogP contribution in [0.5, 0.6) is 0 Å². The van der Waals surface area contributed by atoms with Gasteiger partial charge < -0.3 is 15.2 Å². The molecule has 1 heterocycles. The summed E-state index contributed by atoms with van der Waals surface area (Å²) in [5.74, 6) is 0. The summed E-state index contributed by atoms with van der Waals surface area (Å²) >= 11 is 5.67. The van der Waals surface area contributed by atoms with E-state index >= 15 is 0 Å². The summed E-state index contributed by atoms with van der Waals surface area (Å²) < 4.78 is 4.83. The van der Waals surface area contributed by atoms with E-state index in [-0.39, 0.29) is 0 Å². The van der Waals surface area contributed by atoms with Crippen LogP contribution in [0.1, 0.15) is 12.0 Å². The molecule has 0 amide bonds. The Kier molecular flexibility index (Phi) is 6.33. The number of aliphatic hydroxyl groups is 1. The van der Waals surface area contributed by atoms with Crippen LogP contribution < -0.4 is 5.32 Å². The van der Waals surface area contributed by atoms with Crippen molar-refractivity contribution in [3.63, 3.8) is 0 Å². The number of nitrogens with zero attached hydrogens (tertiary/aromatic N) is 1. The third-order valence-corrected chi connectivity index (χ3v) is 2.35. The first kappa shape index (κ1) is 13.4. The van der Waals surface area contributed by atoms with Crippen molar-refractivity contribution >= 4 is 11.6 Å². The van der Waals surface area contributed by atoms with Crippen LogP contribution >= 0.6 is 11.6 Å². The van der Waals surface area contributed by atoms with E-state index in [0.717, 1.165) is 18.7 Å². The van der Waals surface area contributed by atoms with Crippen molar-refractivity contribution in [2.45, 2.75) is 19.1 Å². The summed E-state index contributed by atoms with van der Waals surface area (Å²) in [6.45, 7) is 1.85. The van der Waals surface area contributed by atoms with Gasteiger partial charge in [-0.3, -0.25) is 0 Å². The Morgan fingerprint density at radius 2 is 2.38 bits per heavy atom. The van der Waals surface area contributed by atoms with Crippen molar-refractivity contribution in [1.82, 2.24) is 10.3 Å². The summed E-state index contributed by atoms with van der Waals surface area (Å²) in [5.41, 5.74) is 1.07. The van der Waals surface area contributed by atoms with E-state index in [2.05, 4.69) is 10.3 Å². The minimum atomic E-state index is -0.402. The molecular formula is C11H17ClN2O2. The molecule has 90 valence electrons. The van der Waals surface area contributed by atoms with Gasteiger partial charge in [0.2, 0.25) is 0 Å². The van der Waals surface area contributed by atoms with E-state index in [1.807, 2.05) is 6.07 Å². The molecule has 0 aliphatic carbocycles. The molecule has 1 aromatic rings. The fraction of sp³-hybridized carbons (Fsp3) is 0.545. The van der Waals surface area contributed by atoms with Crippen LogP contribution in [0.3, 0.4) is 0 Å². The molecule has 1 atom stereocenters. The zero-order valence-corrected chi connectivity index (χ0v) is 10.1. The summed E-state index contributed by atoms with van der Waals surface area (Å²) in [4.78, 5) is 3.98. The minimum absolute atomic E-state index is 0.379. The normalized spacial score (nSPS) is 12.7.